The fourth-order valence-corrected chi connectivity index (χ4v) is 4.44. The molecule has 0 aliphatic carbocycles. The summed E-state index contributed by atoms with van der Waals surface area (Å²) in [6.45, 7) is 1.91. The second-order valence-corrected chi connectivity index (χ2v) is 7.63. The summed E-state index contributed by atoms with van der Waals surface area (Å²) in [5, 5.41) is 3.72. The van der Waals surface area contributed by atoms with Gasteiger partial charge in [0, 0.05) is 42.4 Å². The first-order chi connectivity index (χ1) is 13.6. The van der Waals surface area contributed by atoms with Crippen molar-refractivity contribution < 1.29 is 9.18 Å². The second kappa shape index (κ2) is 6.56. The summed E-state index contributed by atoms with van der Waals surface area (Å²) >= 11 is 0. The number of carbonyl (C=O) groups excluding carboxylic acids is 1. The number of rotatable bonds is 3. The number of likely N-dealkylation sites (tertiary alicyclic amines) is 1. The molecule has 3 aromatic rings. The Balaban J connectivity index is 1.38. The zero-order chi connectivity index (χ0) is 19.3. The molecule has 0 saturated carbocycles. The summed E-state index contributed by atoms with van der Waals surface area (Å²) in [6.07, 6.45) is 2.79. The molecule has 2 bridgehead atoms. The van der Waals surface area contributed by atoms with E-state index in [1.54, 1.807) is 18.3 Å². The Labute approximate surface area is 162 Å². The van der Waals surface area contributed by atoms with Gasteiger partial charge in [-0.15, -0.1) is 0 Å². The van der Waals surface area contributed by atoms with Crippen LogP contribution in [0.2, 0.25) is 0 Å². The highest BCUT2D eigenvalue weighted by atomic mass is 19.1. The number of hydrogen-bond donors (Lipinski definition) is 1. The quantitative estimate of drug-likeness (QED) is 0.760. The largest absolute Gasteiger partial charge is 0.366 e. The van der Waals surface area contributed by atoms with Crippen LogP contribution in [-0.4, -0.2) is 48.0 Å². The fraction of sp³-hybridized carbons (Fsp3) is 0.273. The molecule has 2 aliphatic rings. The van der Waals surface area contributed by atoms with Crippen molar-refractivity contribution in [1.82, 2.24) is 9.88 Å². The van der Waals surface area contributed by atoms with Crippen molar-refractivity contribution in [2.24, 2.45) is 0 Å². The lowest BCUT2D eigenvalue weighted by atomic mass is 10.1. The number of nitrogens with one attached hydrogen (secondary N) is 1. The lowest BCUT2D eigenvalue weighted by Crippen LogP contribution is -2.44. The molecule has 2 aliphatic heterocycles. The number of halogens is 1. The molecule has 1 amide bonds. The van der Waals surface area contributed by atoms with Crippen molar-refractivity contribution in [3.8, 4) is 0 Å². The van der Waals surface area contributed by atoms with Crippen molar-refractivity contribution >= 4 is 28.2 Å². The highest BCUT2D eigenvalue weighted by Crippen LogP contribution is 2.34. The Hall–Kier alpha value is -2.99. The highest BCUT2D eigenvalue weighted by Gasteiger charge is 2.41. The van der Waals surface area contributed by atoms with Crippen LogP contribution >= 0.6 is 0 Å². The summed E-state index contributed by atoms with van der Waals surface area (Å²) in [5.41, 5.74) is 2.15. The van der Waals surface area contributed by atoms with Crippen molar-refractivity contribution in [3.63, 3.8) is 0 Å². The zero-order valence-electron chi connectivity index (χ0n) is 15.6. The second-order valence-electron chi connectivity index (χ2n) is 7.63. The SMILES string of the molecule is CN1CC2CC1CN2c1ccc(C(=O)Nc2cccc3cccnc23)c(F)c1. The molecule has 5 rings (SSSR count). The van der Waals surface area contributed by atoms with Crippen LogP contribution in [-0.2, 0) is 0 Å². The number of pyridine rings is 1. The molecule has 1 N–H and O–H groups in total. The van der Waals surface area contributed by atoms with Gasteiger partial charge in [-0.2, -0.15) is 0 Å². The normalized spacial score (nSPS) is 21.4. The standard InChI is InChI=1S/C22H21FN4O/c1-26-12-17-10-16(26)13-27(17)15-7-8-18(19(23)11-15)22(28)25-20-6-2-4-14-5-3-9-24-21(14)20/h2-9,11,16-17H,10,12-13H2,1H3,(H,25,28). The molecule has 2 atom stereocenters. The van der Waals surface area contributed by atoms with Crippen LogP contribution in [0.4, 0.5) is 15.8 Å². The van der Waals surface area contributed by atoms with Gasteiger partial charge in [-0.25, -0.2) is 4.39 Å². The Morgan fingerprint density at radius 2 is 2.00 bits per heavy atom. The first-order valence-electron chi connectivity index (χ1n) is 9.51. The minimum Gasteiger partial charge on any atom is -0.366 e. The molecule has 2 unspecified atom stereocenters. The van der Waals surface area contributed by atoms with E-state index in [4.69, 9.17) is 0 Å². The molecule has 0 spiro atoms. The van der Waals surface area contributed by atoms with Gasteiger partial charge in [0.2, 0.25) is 0 Å². The van der Waals surface area contributed by atoms with Crippen LogP contribution in [0.25, 0.3) is 10.9 Å². The average molecular weight is 376 g/mol. The van der Waals surface area contributed by atoms with Gasteiger partial charge in [0.25, 0.3) is 5.91 Å². The summed E-state index contributed by atoms with van der Waals surface area (Å²) in [5.74, 6) is -0.968. The maximum atomic E-state index is 14.8. The maximum absolute atomic E-state index is 14.8. The number of piperazine rings is 1. The minimum absolute atomic E-state index is 0.0400. The molecule has 2 saturated heterocycles. The van der Waals surface area contributed by atoms with Gasteiger partial charge in [-0.1, -0.05) is 18.2 Å². The van der Waals surface area contributed by atoms with Crippen LogP contribution in [0, 0.1) is 5.82 Å². The predicted octanol–water partition coefficient (Wildman–Crippen LogP) is 3.52. The summed E-state index contributed by atoms with van der Waals surface area (Å²) in [7, 11) is 2.14. The Bertz CT molecular complexity index is 1060. The molecule has 2 fully saturated rings. The first kappa shape index (κ1) is 17.1. The monoisotopic (exact) mass is 376 g/mol. The van der Waals surface area contributed by atoms with E-state index in [0.717, 1.165) is 30.6 Å². The van der Waals surface area contributed by atoms with Gasteiger partial charge in [-0.3, -0.25) is 14.7 Å². The van der Waals surface area contributed by atoms with Gasteiger partial charge in [-0.05, 0) is 43.8 Å². The molecular weight excluding hydrogens is 355 g/mol. The smallest absolute Gasteiger partial charge is 0.258 e. The van der Waals surface area contributed by atoms with E-state index in [1.807, 2.05) is 30.3 Å². The number of carbonyl (C=O) groups is 1. The van der Waals surface area contributed by atoms with E-state index in [9.17, 15) is 9.18 Å². The summed E-state index contributed by atoms with van der Waals surface area (Å²) < 4.78 is 14.8. The van der Waals surface area contributed by atoms with E-state index in [1.165, 1.54) is 6.07 Å². The van der Waals surface area contributed by atoms with Crippen LogP contribution in [0.3, 0.4) is 0 Å². The molecule has 2 aromatic carbocycles. The van der Waals surface area contributed by atoms with Crippen molar-refractivity contribution in [1.29, 1.82) is 0 Å². The number of fused-ring (bicyclic) bond motifs is 3. The molecule has 1 aromatic heterocycles. The molecule has 3 heterocycles. The van der Waals surface area contributed by atoms with Gasteiger partial charge in [0.15, 0.2) is 0 Å². The first-order valence-corrected chi connectivity index (χ1v) is 9.51. The fourth-order valence-electron chi connectivity index (χ4n) is 4.44. The van der Waals surface area contributed by atoms with E-state index in [-0.39, 0.29) is 5.56 Å². The minimum atomic E-state index is -0.501. The van der Waals surface area contributed by atoms with Crippen molar-refractivity contribution in [3.05, 3.63) is 66.1 Å². The number of amides is 1. The van der Waals surface area contributed by atoms with Crippen LogP contribution in [0.1, 0.15) is 16.8 Å². The molecule has 5 nitrogen and oxygen atoms in total. The predicted molar refractivity (Wildman–Crippen MR) is 108 cm³/mol. The Morgan fingerprint density at radius 3 is 2.75 bits per heavy atom. The summed E-state index contributed by atoms with van der Waals surface area (Å²) in [4.78, 5) is 21.6. The number of anilines is 2. The van der Waals surface area contributed by atoms with E-state index in [0.29, 0.717) is 23.3 Å². The van der Waals surface area contributed by atoms with E-state index in [2.05, 4.69) is 27.1 Å². The third-order valence-electron chi connectivity index (χ3n) is 5.92. The molecule has 28 heavy (non-hydrogen) atoms. The van der Waals surface area contributed by atoms with E-state index >= 15 is 0 Å². The Morgan fingerprint density at radius 1 is 1.14 bits per heavy atom. The highest BCUT2D eigenvalue weighted by molar-refractivity contribution is 6.08. The lowest BCUT2D eigenvalue weighted by Gasteiger charge is -2.33. The van der Waals surface area contributed by atoms with Gasteiger partial charge >= 0.3 is 0 Å². The number of aromatic nitrogens is 1. The van der Waals surface area contributed by atoms with Gasteiger partial charge in [0.05, 0.1) is 16.8 Å². The number of benzene rings is 2. The third kappa shape index (κ3) is 2.81. The third-order valence-corrected chi connectivity index (χ3v) is 5.92. The lowest BCUT2D eigenvalue weighted by molar-refractivity contribution is 0.102. The van der Waals surface area contributed by atoms with Crippen LogP contribution in [0.15, 0.2) is 54.7 Å². The van der Waals surface area contributed by atoms with E-state index < -0.39 is 11.7 Å². The van der Waals surface area contributed by atoms with Crippen LogP contribution in [0.5, 0.6) is 0 Å². The Kier molecular flexibility index (Phi) is 4.02. The number of likely N-dealkylation sites (N-methyl/N-ethyl adjacent to an activating group) is 1. The number of hydrogen-bond acceptors (Lipinski definition) is 4. The number of nitrogens with zero attached hydrogens (tertiary/aromatic N) is 3. The van der Waals surface area contributed by atoms with Gasteiger partial charge < -0.3 is 10.2 Å². The van der Waals surface area contributed by atoms with Crippen molar-refractivity contribution in [2.75, 3.05) is 30.4 Å². The summed E-state index contributed by atoms with van der Waals surface area (Å²) in [6, 6.07) is 15.2. The molecule has 142 valence electrons. The zero-order valence-corrected chi connectivity index (χ0v) is 15.6. The molecular formula is C22H21FN4O. The maximum Gasteiger partial charge on any atom is 0.258 e. The van der Waals surface area contributed by atoms with Crippen molar-refractivity contribution in [2.45, 2.75) is 18.5 Å². The topological polar surface area (TPSA) is 48.5 Å². The van der Waals surface area contributed by atoms with Gasteiger partial charge in [0.1, 0.15) is 5.82 Å². The molecule has 0 radical (unpaired) electrons. The molecule has 6 heteroatoms. The number of para-hydroxylation sites is 1. The van der Waals surface area contributed by atoms with Crippen LogP contribution < -0.4 is 10.2 Å². The average Bonchev–Trinajstić information content (AvgIpc) is 3.27.